The van der Waals surface area contributed by atoms with Gasteiger partial charge in [0.25, 0.3) is 5.91 Å². The predicted molar refractivity (Wildman–Crippen MR) is 110 cm³/mol. The Hall–Kier alpha value is -2.28. The SMILES string of the molecule is C[C@@H]1C(=O)O[C@@H]2[C@H]1CC[C@]1(C)Cc3sc(NC(=O)c4ccncc4)nc3[C@H](C)[C@H]21. The second kappa shape index (κ2) is 6.62. The summed E-state index contributed by atoms with van der Waals surface area (Å²) in [6, 6.07) is 3.38. The van der Waals surface area contributed by atoms with Gasteiger partial charge in [-0.05, 0) is 36.8 Å². The van der Waals surface area contributed by atoms with Crippen LogP contribution in [0, 0.1) is 23.2 Å². The second-order valence-corrected chi connectivity index (χ2v) is 10.1. The van der Waals surface area contributed by atoms with Gasteiger partial charge in [0.15, 0.2) is 5.13 Å². The topological polar surface area (TPSA) is 81.2 Å². The lowest BCUT2D eigenvalue weighted by molar-refractivity contribution is -0.149. The van der Waals surface area contributed by atoms with E-state index < -0.39 is 0 Å². The second-order valence-electron chi connectivity index (χ2n) is 9.06. The number of thiazole rings is 1. The van der Waals surface area contributed by atoms with Crippen LogP contribution >= 0.6 is 11.3 Å². The Morgan fingerprint density at radius 1 is 1.28 bits per heavy atom. The molecule has 2 aromatic heterocycles. The normalized spacial score (nSPS) is 35.3. The quantitative estimate of drug-likeness (QED) is 0.754. The molecule has 3 heterocycles. The van der Waals surface area contributed by atoms with Crippen molar-refractivity contribution in [2.45, 2.75) is 52.1 Å². The van der Waals surface area contributed by atoms with Crippen LogP contribution in [0.4, 0.5) is 5.13 Å². The maximum Gasteiger partial charge on any atom is 0.309 e. The van der Waals surface area contributed by atoms with Gasteiger partial charge in [-0.2, -0.15) is 0 Å². The Kier molecular flexibility index (Phi) is 4.28. The van der Waals surface area contributed by atoms with E-state index in [1.165, 1.54) is 4.88 Å². The van der Waals surface area contributed by atoms with Crippen molar-refractivity contribution >= 4 is 28.3 Å². The first kappa shape index (κ1) is 18.7. The summed E-state index contributed by atoms with van der Waals surface area (Å²) in [7, 11) is 0. The molecule has 0 bridgehead atoms. The molecule has 1 amide bonds. The van der Waals surface area contributed by atoms with Crippen LogP contribution in [0.3, 0.4) is 0 Å². The minimum absolute atomic E-state index is 0.0104. The first-order valence-electron chi connectivity index (χ1n) is 10.3. The zero-order chi connectivity index (χ0) is 20.3. The maximum absolute atomic E-state index is 12.5. The molecule has 2 fully saturated rings. The molecule has 7 heteroatoms. The average Bonchev–Trinajstić information content (AvgIpc) is 3.22. The fraction of sp³-hybridized carbons (Fsp3) is 0.545. The van der Waals surface area contributed by atoms with E-state index in [4.69, 9.17) is 9.72 Å². The van der Waals surface area contributed by atoms with Gasteiger partial charge in [0, 0.05) is 40.6 Å². The Morgan fingerprint density at radius 2 is 2.03 bits per heavy atom. The van der Waals surface area contributed by atoms with Crippen LogP contribution < -0.4 is 5.32 Å². The summed E-state index contributed by atoms with van der Waals surface area (Å²) in [5.74, 6) is 0.545. The summed E-state index contributed by atoms with van der Waals surface area (Å²) in [5.41, 5.74) is 1.71. The van der Waals surface area contributed by atoms with Gasteiger partial charge in [-0.15, -0.1) is 11.3 Å². The Morgan fingerprint density at radius 3 is 2.79 bits per heavy atom. The van der Waals surface area contributed by atoms with Crippen LogP contribution in [-0.4, -0.2) is 27.9 Å². The Bertz CT molecular complexity index is 975. The fourth-order valence-electron chi connectivity index (χ4n) is 5.80. The third-order valence-electron chi connectivity index (χ3n) is 7.32. The lowest BCUT2D eigenvalue weighted by Crippen LogP contribution is -2.50. The van der Waals surface area contributed by atoms with E-state index in [9.17, 15) is 9.59 Å². The zero-order valence-electron chi connectivity index (χ0n) is 16.8. The minimum Gasteiger partial charge on any atom is -0.461 e. The lowest BCUT2D eigenvalue weighted by atomic mass is 9.54. The molecule has 1 N–H and O–H groups in total. The van der Waals surface area contributed by atoms with E-state index in [0.717, 1.165) is 25.0 Å². The largest absolute Gasteiger partial charge is 0.461 e. The van der Waals surface area contributed by atoms with Crippen molar-refractivity contribution in [3.8, 4) is 0 Å². The van der Waals surface area contributed by atoms with Crippen LogP contribution in [0.2, 0.25) is 0 Å². The number of fused-ring (bicyclic) bond motifs is 4. The summed E-state index contributed by atoms with van der Waals surface area (Å²) in [5, 5.41) is 3.58. The van der Waals surface area contributed by atoms with Gasteiger partial charge in [-0.3, -0.25) is 19.9 Å². The molecule has 6 atom stereocenters. The highest BCUT2D eigenvalue weighted by Gasteiger charge is 2.58. The zero-order valence-corrected chi connectivity index (χ0v) is 17.7. The molecule has 2 aromatic rings. The molecule has 1 aliphatic heterocycles. The molecule has 5 rings (SSSR count). The van der Waals surface area contributed by atoms with Crippen molar-refractivity contribution in [3.05, 3.63) is 40.7 Å². The van der Waals surface area contributed by atoms with Crippen molar-refractivity contribution in [1.82, 2.24) is 9.97 Å². The predicted octanol–water partition coefficient (Wildman–Crippen LogP) is 4.04. The Labute approximate surface area is 174 Å². The number of carbonyl (C=O) groups excluding carboxylic acids is 2. The third-order valence-corrected chi connectivity index (χ3v) is 8.31. The van der Waals surface area contributed by atoms with Gasteiger partial charge in [0.1, 0.15) is 6.10 Å². The number of rotatable bonds is 2. The molecule has 0 unspecified atom stereocenters. The molecule has 3 aliphatic rings. The molecular formula is C22H25N3O3S. The van der Waals surface area contributed by atoms with Crippen LogP contribution in [0.5, 0.6) is 0 Å². The van der Waals surface area contributed by atoms with Gasteiger partial charge >= 0.3 is 5.97 Å². The highest BCUT2D eigenvalue weighted by molar-refractivity contribution is 7.15. The van der Waals surface area contributed by atoms with Crippen molar-refractivity contribution in [2.75, 3.05) is 5.32 Å². The summed E-state index contributed by atoms with van der Waals surface area (Å²) < 4.78 is 5.89. The number of nitrogens with one attached hydrogen (secondary N) is 1. The summed E-state index contributed by atoms with van der Waals surface area (Å²) in [6.07, 6.45) is 6.26. The van der Waals surface area contributed by atoms with Crippen molar-refractivity contribution < 1.29 is 14.3 Å². The number of carbonyl (C=O) groups is 2. The van der Waals surface area contributed by atoms with Crippen LogP contribution in [-0.2, 0) is 16.0 Å². The summed E-state index contributed by atoms with van der Waals surface area (Å²) in [6.45, 7) is 6.54. The number of anilines is 1. The highest BCUT2D eigenvalue weighted by Crippen LogP contribution is 2.59. The van der Waals surface area contributed by atoms with E-state index >= 15 is 0 Å². The average molecular weight is 412 g/mol. The number of nitrogens with zero attached hydrogens (tertiary/aromatic N) is 2. The number of hydrogen-bond donors (Lipinski definition) is 1. The smallest absolute Gasteiger partial charge is 0.309 e. The van der Waals surface area contributed by atoms with E-state index in [1.807, 2.05) is 6.92 Å². The minimum atomic E-state index is -0.173. The molecule has 0 aromatic carbocycles. The monoisotopic (exact) mass is 411 g/mol. The lowest BCUT2D eigenvalue weighted by Gasteiger charge is -2.51. The van der Waals surface area contributed by atoms with Gasteiger partial charge in [0.2, 0.25) is 0 Å². The van der Waals surface area contributed by atoms with Crippen molar-refractivity contribution in [2.24, 2.45) is 23.2 Å². The molecule has 2 aliphatic carbocycles. The number of esters is 1. The first-order chi connectivity index (χ1) is 13.9. The van der Waals surface area contributed by atoms with Gasteiger partial charge in [-0.25, -0.2) is 4.98 Å². The standard InChI is InChI=1S/C22H25N3O3S/c1-11-14-4-7-22(3)10-15-17(12(2)16(22)18(14)28-20(11)27)24-21(29-15)25-19(26)13-5-8-23-9-6-13/h5-6,8-9,11-12,14,16,18H,4,7,10H2,1-3H3,(H,24,25,26)/t11-,12+,14-,16+,18+,22+/m0/s1. The molecule has 0 spiro atoms. The number of aromatic nitrogens is 2. The van der Waals surface area contributed by atoms with E-state index in [2.05, 4.69) is 24.1 Å². The highest BCUT2D eigenvalue weighted by atomic mass is 32.1. The van der Waals surface area contributed by atoms with Crippen LogP contribution in [0.25, 0.3) is 0 Å². The number of amides is 1. The van der Waals surface area contributed by atoms with Gasteiger partial charge < -0.3 is 4.74 Å². The summed E-state index contributed by atoms with van der Waals surface area (Å²) in [4.78, 5) is 34.8. The molecule has 1 saturated heterocycles. The van der Waals surface area contributed by atoms with Crippen LogP contribution in [0.1, 0.15) is 60.5 Å². The van der Waals surface area contributed by atoms with Crippen molar-refractivity contribution in [1.29, 1.82) is 0 Å². The first-order valence-corrected chi connectivity index (χ1v) is 11.1. The van der Waals surface area contributed by atoms with E-state index in [0.29, 0.717) is 16.6 Å². The molecule has 152 valence electrons. The molecule has 29 heavy (non-hydrogen) atoms. The van der Waals surface area contributed by atoms with Crippen LogP contribution in [0.15, 0.2) is 24.5 Å². The fourth-order valence-corrected chi connectivity index (χ4v) is 7.06. The van der Waals surface area contributed by atoms with Gasteiger partial charge in [0.05, 0.1) is 11.6 Å². The number of hydrogen-bond acceptors (Lipinski definition) is 6. The third kappa shape index (κ3) is 2.89. The van der Waals surface area contributed by atoms with E-state index in [1.54, 1.807) is 35.9 Å². The van der Waals surface area contributed by atoms with E-state index in [-0.39, 0.29) is 41.1 Å². The molecule has 6 nitrogen and oxygen atoms in total. The molecular weight excluding hydrogens is 386 g/mol. The molecule has 0 radical (unpaired) electrons. The van der Waals surface area contributed by atoms with Gasteiger partial charge in [-0.1, -0.05) is 20.8 Å². The Balaban J connectivity index is 1.44. The maximum atomic E-state index is 12.5. The van der Waals surface area contributed by atoms with Crippen molar-refractivity contribution in [3.63, 3.8) is 0 Å². The molecule has 1 saturated carbocycles. The number of ether oxygens (including phenoxy) is 1. The summed E-state index contributed by atoms with van der Waals surface area (Å²) >= 11 is 1.58. The number of pyridine rings is 1.